The summed E-state index contributed by atoms with van der Waals surface area (Å²) in [6.45, 7) is 2.32. The van der Waals surface area contributed by atoms with E-state index in [4.69, 9.17) is 23.2 Å². The minimum atomic E-state index is -0.0279. The molecule has 1 saturated heterocycles. The number of benzene rings is 2. The van der Waals surface area contributed by atoms with Gasteiger partial charge in [-0.05, 0) is 62.0 Å². The first kappa shape index (κ1) is 18.2. The van der Waals surface area contributed by atoms with Crippen molar-refractivity contribution < 1.29 is 4.79 Å². The molecule has 0 radical (unpaired) electrons. The Morgan fingerprint density at radius 2 is 1.68 bits per heavy atom. The van der Waals surface area contributed by atoms with Crippen molar-refractivity contribution >= 4 is 34.8 Å². The van der Waals surface area contributed by atoms with Gasteiger partial charge in [0, 0.05) is 15.7 Å². The lowest BCUT2D eigenvalue weighted by molar-refractivity contribution is -0.117. The summed E-state index contributed by atoms with van der Waals surface area (Å²) in [5, 5.41) is 3.91. The van der Waals surface area contributed by atoms with Crippen LogP contribution in [0.3, 0.4) is 0 Å². The van der Waals surface area contributed by atoms with Gasteiger partial charge in [0.25, 0.3) is 0 Å². The van der Waals surface area contributed by atoms with Gasteiger partial charge in [-0.2, -0.15) is 0 Å². The van der Waals surface area contributed by atoms with Crippen molar-refractivity contribution in [1.82, 2.24) is 4.90 Å². The van der Waals surface area contributed by atoms with E-state index in [1.54, 1.807) is 18.2 Å². The molecule has 1 N–H and O–H groups in total. The number of carbonyl (C=O) groups excluding carboxylic acids is 1. The second kappa shape index (κ2) is 8.70. The first-order valence-corrected chi connectivity index (χ1v) is 9.36. The van der Waals surface area contributed by atoms with Crippen molar-refractivity contribution in [3.63, 3.8) is 0 Å². The number of rotatable bonds is 5. The average molecular weight is 377 g/mol. The number of amides is 1. The summed E-state index contributed by atoms with van der Waals surface area (Å²) in [5.41, 5.74) is 2.04. The molecule has 25 heavy (non-hydrogen) atoms. The molecule has 1 fully saturated rings. The summed E-state index contributed by atoms with van der Waals surface area (Å²) in [5.74, 6) is 0.674. The lowest BCUT2D eigenvalue weighted by Crippen LogP contribution is -2.39. The van der Waals surface area contributed by atoms with E-state index in [0.29, 0.717) is 28.2 Å². The van der Waals surface area contributed by atoms with Crippen LogP contribution in [0.25, 0.3) is 0 Å². The van der Waals surface area contributed by atoms with Crippen molar-refractivity contribution in [3.8, 4) is 0 Å². The number of likely N-dealkylation sites (tertiary alicyclic amines) is 1. The first-order valence-electron chi connectivity index (χ1n) is 8.61. The lowest BCUT2D eigenvalue weighted by atomic mass is 9.90. The molecule has 0 bridgehead atoms. The number of carbonyl (C=O) groups is 1. The molecule has 3 rings (SSSR count). The molecule has 132 valence electrons. The molecule has 0 atom stereocenters. The van der Waals surface area contributed by atoms with Crippen LogP contribution in [0.15, 0.2) is 48.5 Å². The quantitative estimate of drug-likeness (QED) is 0.805. The Morgan fingerprint density at radius 1 is 1.04 bits per heavy atom. The highest BCUT2D eigenvalue weighted by Crippen LogP contribution is 2.23. The molecule has 1 heterocycles. The molecule has 0 spiro atoms. The minimum Gasteiger partial charge on any atom is -0.325 e. The minimum absolute atomic E-state index is 0.0279. The number of nitrogens with one attached hydrogen (secondary N) is 1. The van der Waals surface area contributed by atoms with E-state index in [9.17, 15) is 4.79 Å². The van der Waals surface area contributed by atoms with Gasteiger partial charge in [-0.25, -0.2) is 0 Å². The third-order valence-corrected chi connectivity index (χ3v) is 5.02. The number of hydrogen-bond acceptors (Lipinski definition) is 2. The van der Waals surface area contributed by atoms with Gasteiger partial charge in [0.2, 0.25) is 5.91 Å². The largest absolute Gasteiger partial charge is 0.325 e. The Morgan fingerprint density at radius 3 is 2.32 bits per heavy atom. The average Bonchev–Trinajstić information content (AvgIpc) is 2.56. The van der Waals surface area contributed by atoms with Crippen LogP contribution < -0.4 is 5.32 Å². The Hall–Kier alpha value is -1.55. The molecule has 1 aliphatic heterocycles. The van der Waals surface area contributed by atoms with Crippen LogP contribution in [-0.2, 0) is 11.2 Å². The molecule has 0 unspecified atom stereocenters. The SMILES string of the molecule is O=C(CN1CCC(Cc2ccccc2)CC1)Nc1cc(Cl)cc(Cl)c1. The maximum absolute atomic E-state index is 12.2. The van der Waals surface area contributed by atoms with Crippen molar-refractivity contribution in [2.24, 2.45) is 5.92 Å². The monoisotopic (exact) mass is 376 g/mol. The molecule has 2 aromatic rings. The molecular weight excluding hydrogens is 355 g/mol. The lowest BCUT2D eigenvalue weighted by Gasteiger charge is -2.31. The summed E-state index contributed by atoms with van der Waals surface area (Å²) in [6.07, 6.45) is 3.39. The van der Waals surface area contributed by atoms with Gasteiger partial charge in [0.15, 0.2) is 0 Å². The van der Waals surface area contributed by atoms with Crippen molar-refractivity contribution in [2.45, 2.75) is 19.3 Å². The zero-order valence-corrected chi connectivity index (χ0v) is 15.6. The van der Waals surface area contributed by atoms with Crippen molar-refractivity contribution in [2.75, 3.05) is 25.0 Å². The van der Waals surface area contributed by atoms with Crippen LogP contribution in [0.5, 0.6) is 0 Å². The molecule has 1 aliphatic rings. The van der Waals surface area contributed by atoms with Crippen LogP contribution >= 0.6 is 23.2 Å². The van der Waals surface area contributed by atoms with Gasteiger partial charge >= 0.3 is 0 Å². The predicted molar refractivity (Wildman–Crippen MR) is 104 cm³/mol. The molecule has 0 aromatic heterocycles. The molecule has 1 amide bonds. The van der Waals surface area contributed by atoms with Crippen molar-refractivity contribution in [1.29, 1.82) is 0 Å². The first-order chi connectivity index (χ1) is 12.1. The van der Waals surface area contributed by atoms with E-state index < -0.39 is 0 Å². The highest BCUT2D eigenvalue weighted by molar-refractivity contribution is 6.35. The van der Waals surface area contributed by atoms with E-state index in [1.165, 1.54) is 5.56 Å². The zero-order valence-electron chi connectivity index (χ0n) is 14.1. The fourth-order valence-electron chi connectivity index (χ4n) is 3.33. The topological polar surface area (TPSA) is 32.3 Å². The van der Waals surface area contributed by atoms with E-state index in [-0.39, 0.29) is 5.91 Å². The van der Waals surface area contributed by atoms with Gasteiger partial charge in [-0.1, -0.05) is 53.5 Å². The Bertz CT molecular complexity index is 693. The smallest absolute Gasteiger partial charge is 0.238 e. The Balaban J connectivity index is 1.44. The summed E-state index contributed by atoms with van der Waals surface area (Å²) in [7, 11) is 0. The van der Waals surface area contributed by atoms with Gasteiger partial charge in [-0.3, -0.25) is 9.69 Å². The van der Waals surface area contributed by atoms with E-state index in [1.807, 2.05) is 0 Å². The molecule has 3 nitrogen and oxygen atoms in total. The normalized spacial score (nSPS) is 15.9. The molecule has 0 aliphatic carbocycles. The third kappa shape index (κ3) is 5.74. The summed E-state index contributed by atoms with van der Waals surface area (Å²) >= 11 is 11.9. The maximum Gasteiger partial charge on any atom is 0.238 e. The molecule has 0 saturated carbocycles. The number of hydrogen-bond donors (Lipinski definition) is 1. The van der Waals surface area contributed by atoms with Gasteiger partial charge in [0.1, 0.15) is 0 Å². The number of piperidine rings is 1. The van der Waals surface area contributed by atoms with Gasteiger partial charge in [0.05, 0.1) is 6.54 Å². The fraction of sp³-hybridized carbons (Fsp3) is 0.350. The predicted octanol–water partition coefficient (Wildman–Crippen LogP) is 4.89. The number of anilines is 1. The van der Waals surface area contributed by atoms with Crippen LogP contribution in [0.4, 0.5) is 5.69 Å². The molecular formula is C20H22Cl2N2O. The Kier molecular flexibility index (Phi) is 6.35. The number of nitrogens with zero attached hydrogens (tertiary/aromatic N) is 1. The van der Waals surface area contributed by atoms with Crippen LogP contribution in [0, 0.1) is 5.92 Å². The summed E-state index contributed by atoms with van der Waals surface area (Å²) in [6, 6.07) is 15.7. The van der Waals surface area contributed by atoms with E-state index in [0.717, 1.165) is 32.4 Å². The summed E-state index contributed by atoms with van der Waals surface area (Å²) < 4.78 is 0. The van der Waals surface area contributed by atoms with Crippen LogP contribution in [0.2, 0.25) is 10.0 Å². The van der Waals surface area contributed by atoms with Crippen molar-refractivity contribution in [3.05, 3.63) is 64.1 Å². The maximum atomic E-state index is 12.2. The van der Waals surface area contributed by atoms with Crippen LogP contribution in [-0.4, -0.2) is 30.4 Å². The fourth-order valence-corrected chi connectivity index (χ4v) is 3.85. The Labute approximate surface area is 158 Å². The zero-order chi connectivity index (χ0) is 17.6. The molecule has 2 aromatic carbocycles. The van der Waals surface area contributed by atoms with Crippen LogP contribution in [0.1, 0.15) is 18.4 Å². The highest BCUT2D eigenvalue weighted by Gasteiger charge is 2.21. The van der Waals surface area contributed by atoms with Gasteiger partial charge in [-0.15, -0.1) is 0 Å². The van der Waals surface area contributed by atoms with E-state index >= 15 is 0 Å². The second-order valence-electron chi connectivity index (χ2n) is 6.62. The summed E-state index contributed by atoms with van der Waals surface area (Å²) in [4.78, 5) is 14.4. The molecule has 5 heteroatoms. The standard InChI is InChI=1S/C20H22Cl2N2O/c21-17-11-18(22)13-19(12-17)23-20(25)14-24-8-6-16(7-9-24)10-15-4-2-1-3-5-15/h1-5,11-13,16H,6-10,14H2,(H,23,25). The van der Waals surface area contributed by atoms with E-state index in [2.05, 4.69) is 40.5 Å². The third-order valence-electron chi connectivity index (χ3n) is 4.59. The number of halogens is 2. The van der Waals surface area contributed by atoms with Gasteiger partial charge < -0.3 is 5.32 Å². The second-order valence-corrected chi connectivity index (χ2v) is 7.49. The highest BCUT2D eigenvalue weighted by atomic mass is 35.5.